The Labute approximate surface area is 98.1 Å². The first-order valence-corrected chi connectivity index (χ1v) is 6.07. The van der Waals surface area contributed by atoms with Crippen molar-refractivity contribution in [2.75, 3.05) is 32.1 Å². The lowest BCUT2D eigenvalue weighted by Gasteiger charge is -2.21. The van der Waals surface area contributed by atoms with Crippen LogP contribution in [0.2, 0.25) is 0 Å². The minimum atomic E-state index is 0.674. The van der Waals surface area contributed by atoms with Crippen molar-refractivity contribution in [2.24, 2.45) is 0 Å². The van der Waals surface area contributed by atoms with Crippen LogP contribution >= 0.6 is 0 Å². The van der Waals surface area contributed by atoms with Crippen LogP contribution in [0.15, 0.2) is 18.3 Å². The maximum atomic E-state index is 4.53. The highest BCUT2D eigenvalue weighted by atomic mass is 15.3. The Morgan fingerprint density at radius 1 is 1.44 bits per heavy atom. The zero-order valence-corrected chi connectivity index (χ0v) is 10.5. The average molecular weight is 219 g/mol. The van der Waals surface area contributed by atoms with E-state index in [0.717, 1.165) is 25.3 Å². The Kier molecular flexibility index (Phi) is 3.44. The molecule has 1 fully saturated rings. The molecule has 0 saturated carbocycles. The van der Waals surface area contributed by atoms with E-state index in [9.17, 15) is 0 Å². The molecule has 3 nitrogen and oxygen atoms in total. The molecule has 1 aliphatic rings. The van der Waals surface area contributed by atoms with Crippen LogP contribution in [0.25, 0.3) is 0 Å². The Morgan fingerprint density at radius 3 is 2.75 bits per heavy atom. The van der Waals surface area contributed by atoms with Gasteiger partial charge in [0.15, 0.2) is 0 Å². The Hall–Kier alpha value is -1.09. The molecule has 3 heteroatoms. The van der Waals surface area contributed by atoms with Crippen molar-refractivity contribution in [3.8, 4) is 0 Å². The zero-order chi connectivity index (χ0) is 11.5. The third-order valence-corrected chi connectivity index (χ3v) is 3.44. The summed E-state index contributed by atoms with van der Waals surface area (Å²) >= 11 is 0. The van der Waals surface area contributed by atoms with Crippen LogP contribution in [0.3, 0.4) is 0 Å². The highest BCUT2D eigenvalue weighted by molar-refractivity contribution is 5.40. The molecular weight excluding hydrogens is 198 g/mol. The first-order chi connectivity index (χ1) is 7.70. The number of anilines is 1. The molecule has 16 heavy (non-hydrogen) atoms. The first kappa shape index (κ1) is 11.4. The van der Waals surface area contributed by atoms with Gasteiger partial charge in [0.2, 0.25) is 0 Å². The highest BCUT2D eigenvalue weighted by Crippen LogP contribution is 2.20. The van der Waals surface area contributed by atoms with Crippen molar-refractivity contribution >= 4 is 5.82 Å². The van der Waals surface area contributed by atoms with Crippen LogP contribution in [0.5, 0.6) is 0 Å². The lowest BCUT2D eigenvalue weighted by molar-refractivity contribution is 0.315. The third-order valence-electron chi connectivity index (χ3n) is 3.44. The quantitative estimate of drug-likeness (QED) is 0.772. The summed E-state index contributed by atoms with van der Waals surface area (Å²) in [6, 6.07) is 5.01. The molecular formula is C13H21N3. The fraction of sp³-hybridized carbons (Fsp3) is 0.615. The van der Waals surface area contributed by atoms with Gasteiger partial charge in [-0.2, -0.15) is 0 Å². The number of aromatic nitrogens is 1. The summed E-state index contributed by atoms with van der Waals surface area (Å²) in [4.78, 5) is 9.22. The van der Waals surface area contributed by atoms with Gasteiger partial charge < -0.3 is 9.80 Å². The molecule has 0 N–H and O–H groups in total. The van der Waals surface area contributed by atoms with Crippen molar-refractivity contribution in [1.29, 1.82) is 0 Å². The van der Waals surface area contributed by atoms with Gasteiger partial charge in [0.25, 0.3) is 0 Å². The molecule has 2 heterocycles. The van der Waals surface area contributed by atoms with Crippen molar-refractivity contribution in [2.45, 2.75) is 25.8 Å². The molecule has 1 aromatic rings. The number of likely N-dealkylation sites (N-methyl/N-ethyl adjacent to an activating group) is 1. The van der Waals surface area contributed by atoms with Crippen LogP contribution < -0.4 is 4.90 Å². The van der Waals surface area contributed by atoms with Gasteiger partial charge in [-0.1, -0.05) is 13.0 Å². The molecule has 1 aliphatic heterocycles. The van der Waals surface area contributed by atoms with E-state index in [1.54, 1.807) is 0 Å². The molecule has 1 unspecified atom stereocenters. The summed E-state index contributed by atoms with van der Waals surface area (Å²) in [5.41, 5.74) is 1.31. The van der Waals surface area contributed by atoms with Gasteiger partial charge >= 0.3 is 0 Å². The number of nitrogens with zero attached hydrogens (tertiary/aromatic N) is 3. The average Bonchev–Trinajstić information content (AvgIpc) is 2.78. The fourth-order valence-corrected chi connectivity index (χ4v) is 2.18. The lowest BCUT2D eigenvalue weighted by Crippen LogP contribution is -2.31. The SMILES string of the molecule is CCc1ccc(N2CCC(N(C)C)C2)nc1. The predicted molar refractivity (Wildman–Crippen MR) is 67.9 cm³/mol. The maximum absolute atomic E-state index is 4.53. The molecule has 1 saturated heterocycles. The van der Waals surface area contributed by atoms with Gasteiger partial charge in [-0.05, 0) is 38.6 Å². The predicted octanol–water partition coefficient (Wildman–Crippen LogP) is 1.78. The minimum absolute atomic E-state index is 0.674. The van der Waals surface area contributed by atoms with Crippen LogP contribution in [0.4, 0.5) is 5.82 Å². The molecule has 0 aromatic carbocycles. The first-order valence-electron chi connectivity index (χ1n) is 6.07. The Morgan fingerprint density at radius 2 is 2.25 bits per heavy atom. The fourth-order valence-electron chi connectivity index (χ4n) is 2.18. The smallest absolute Gasteiger partial charge is 0.128 e. The van der Waals surface area contributed by atoms with Crippen LogP contribution in [-0.4, -0.2) is 43.1 Å². The standard InChI is InChI=1S/C13H21N3/c1-4-11-5-6-13(14-9-11)16-8-7-12(10-16)15(2)3/h5-6,9,12H,4,7-8,10H2,1-3H3. The monoisotopic (exact) mass is 219 g/mol. The van der Waals surface area contributed by atoms with Crippen molar-refractivity contribution < 1.29 is 0 Å². The summed E-state index contributed by atoms with van der Waals surface area (Å²) < 4.78 is 0. The van der Waals surface area contributed by atoms with Crippen LogP contribution in [0.1, 0.15) is 18.9 Å². The molecule has 2 rings (SSSR count). The van der Waals surface area contributed by atoms with E-state index < -0.39 is 0 Å². The third kappa shape index (κ3) is 2.35. The van der Waals surface area contributed by atoms with Crippen molar-refractivity contribution in [3.63, 3.8) is 0 Å². The topological polar surface area (TPSA) is 19.4 Å². The number of rotatable bonds is 3. The summed E-state index contributed by atoms with van der Waals surface area (Å²) in [5, 5.41) is 0. The molecule has 0 radical (unpaired) electrons. The molecule has 0 spiro atoms. The number of pyridine rings is 1. The van der Waals surface area contributed by atoms with Gasteiger partial charge in [-0.25, -0.2) is 4.98 Å². The normalized spacial score (nSPS) is 20.8. The van der Waals surface area contributed by atoms with E-state index in [0.29, 0.717) is 6.04 Å². The molecule has 1 atom stereocenters. The van der Waals surface area contributed by atoms with Crippen molar-refractivity contribution in [3.05, 3.63) is 23.9 Å². The largest absolute Gasteiger partial charge is 0.355 e. The molecule has 0 amide bonds. The van der Waals surface area contributed by atoms with Gasteiger partial charge in [-0.3, -0.25) is 0 Å². The van der Waals surface area contributed by atoms with Gasteiger partial charge in [0.05, 0.1) is 0 Å². The second-order valence-corrected chi connectivity index (χ2v) is 4.73. The number of aryl methyl sites for hydroxylation is 1. The maximum Gasteiger partial charge on any atom is 0.128 e. The number of hydrogen-bond donors (Lipinski definition) is 0. The Bertz CT molecular complexity index is 332. The van der Waals surface area contributed by atoms with Crippen molar-refractivity contribution in [1.82, 2.24) is 9.88 Å². The van der Waals surface area contributed by atoms with Crippen LogP contribution in [0, 0.1) is 0 Å². The summed E-state index contributed by atoms with van der Waals surface area (Å²) in [7, 11) is 4.31. The van der Waals surface area contributed by atoms with E-state index in [1.807, 2.05) is 6.20 Å². The van der Waals surface area contributed by atoms with E-state index in [-0.39, 0.29) is 0 Å². The lowest BCUT2D eigenvalue weighted by atomic mass is 10.2. The molecule has 1 aromatic heterocycles. The zero-order valence-electron chi connectivity index (χ0n) is 10.5. The second kappa shape index (κ2) is 4.83. The van der Waals surface area contributed by atoms with Gasteiger partial charge in [0.1, 0.15) is 5.82 Å². The molecule has 0 aliphatic carbocycles. The van der Waals surface area contributed by atoms with Gasteiger partial charge in [0, 0.05) is 25.3 Å². The Balaban J connectivity index is 2.03. The van der Waals surface area contributed by atoms with E-state index >= 15 is 0 Å². The van der Waals surface area contributed by atoms with E-state index in [2.05, 4.69) is 47.9 Å². The molecule has 88 valence electrons. The van der Waals surface area contributed by atoms with E-state index in [1.165, 1.54) is 12.0 Å². The van der Waals surface area contributed by atoms with Crippen LogP contribution in [-0.2, 0) is 6.42 Å². The van der Waals surface area contributed by atoms with E-state index in [4.69, 9.17) is 0 Å². The number of hydrogen-bond acceptors (Lipinski definition) is 3. The summed E-state index contributed by atoms with van der Waals surface area (Å²) in [5.74, 6) is 1.13. The molecule has 0 bridgehead atoms. The summed E-state index contributed by atoms with van der Waals surface area (Å²) in [6.07, 6.45) is 4.30. The second-order valence-electron chi connectivity index (χ2n) is 4.73. The minimum Gasteiger partial charge on any atom is -0.355 e. The summed E-state index contributed by atoms with van der Waals surface area (Å²) in [6.45, 7) is 4.39. The van der Waals surface area contributed by atoms with Gasteiger partial charge in [-0.15, -0.1) is 0 Å². The highest BCUT2D eigenvalue weighted by Gasteiger charge is 2.24.